The molecule has 0 aromatic carbocycles. The number of nitrogens with two attached hydrogens (primary N) is 1. The van der Waals surface area contributed by atoms with Crippen LogP contribution in [0, 0.1) is 5.41 Å². The fourth-order valence-electron chi connectivity index (χ4n) is 1.68. The third-order valence-electron chi connectivity index (χ3n) is 3.12. The van der Waals surface area contributed by atoms with Gasteiger partial charge in [-0.15, -0.1) is 0 Å². The molecule has 2 nitrogen and oxygen atoms in total. The molecule has 1 aliphatic heterocycles. The van der Waals surface area contributed by atoms with Crippen molar-refractivity contribution >= 4 is 0 Å². The summed E-state index contributed by atoms with van der Waals surface area (Å²) in [6, 6.07) is 0. The van der Waals surface area contributed by atoms with Crippen molar-refractivity contribution in [3.8, 4) is 0 Å². The molecule has 0 amide bonds. The van der Waals surface area contributed by atoms with Gasteiger partial charge < -0.3 is 11.1 Å². The molecule has 1 aliphatic rings. The molecule has 0 atom stereocenters. The van der Waals surface area contributed by atoms with Crippen LogP contribution in [0.1, 0.15) is 26.7 Å². The Kier molecular flexibility index (Phi) is 2.74. The highest BCUT2D eigenvalue weighted by Crippen LogP contribution is 2.40. The van der Waals surface area contributed by atoms with Crippen molar-refractivity contribution in [1.82, 2.24) is 5.32 Å². The molecular formula is C9H19FN2. The molecule has 1 fully saturated rings. The van der Waals surface area contributed by atoms with E-state index in [9.17, 15) is 4.39 Å². The van der Waals surface area contributed by atoms with Crippen molar-refractivity contribution in [1.29, 1.82) is 0 Å². The van der Waals surface area contributed by atoms with Gasteiger partial charge in [0.1, 0.15) is 5.67 Å². The van der Waals surface area contributed by atoms with Crippen molar-refractivity contribution in [2.75, 3.05) is 19.6 Å². The highest BCUT2D eigenvalue weighted by molar-refractivity contribution is 4.97. The summed E-state index contributed by atoms with van der Waals surface area (Å²) in [5.74, 6) is 0. The Morgan fingerprint density at radius 1 is 1.42 bits per heavy atom. The molecule has 0 aliphatic carbocycles. The number of halogens is 1. The van der Waals surface area contributed by atoms with Gasteiger partial charge in [-0.3, -0.25) is 0 Å². The van der Waals surface area contributed by atoms with Gasteiger partial charge in [0.2, 0.25) is 0 Å². The summed E-state index contributed by atoms with van der Waals surface area (Å²) in [5, 5.41) is 3.16. The average Bonchev–Trinajstić information content (AvgIpc) is 2.06. The van der Waals surface area contributed by atoms with Crippen molar-refractivity contribution < 1.29 is 4.39 Å². The lowest BCUT2D eigenvalue weighted by atomic mass is 9.71. The topological polar surface area (TPSA) is 38.0 Å². The molecule has 72 valence electrons. The quantitative estimate of drug-likeness (QED) is 0.657. The van der Waals surface area contributed by atoms with Gasteiger partial charge in [0.25, 0.3) is 0 Å². The monoisotopic (exact) mass is 174 g/mol. The van der Waals surface area contributed by atoms with E-state index >= 15 is 0 Å². The van der Waals surface area contributed by atoms with E-state index in [0.717, 1.165) is 13.1 Å². The fraction of sp³-hybridized carbons (Fsp3) is 1.00. The lowest BCUT2D eigenvalue weighted by Crippen LogP contribution is -2.51. The molecule has 1 heterocycles. The van der Waals surface area contributed by atoms with Gasteiger partial charge in [0.05, 0.1) is 0 Å². The van der Waals surface area contributed by atoms with Crippen LogP contribution in [0.2, 0.25) is 0 Å². The predicted molar refractivity (Wildman–Crippen MR) is 48.8 cm³/mol. The van der Waals surface area contributed by atoms with Crippen LogP contribution in [0.25, 0.3) is 0 Å². The van der Waals surface area contributed by atoms with Gasteiger partial charge in [-0.05, 0) is 25.9 Å². The minimum Gasteiger partial charge on any atom is -0.330 e. The highest BCUT2D eigenvalue weighted by Gasteiger charge is 2.45. The molecule has 12 heavy (non-hydrogen) atoms. The Balaban J connectivity index is 2.68. The van der Waals surface area contributed by atoms with Crippen LogP contribution in [0.15, 0.2) is 0 Å². The van der Waals surface area contributed by atoms with E-state index in [-0.39, 0.29) is 5.41 Å². The van der Waals surface area contributed by atoms with Crippen molar-refractivity contribution in [3.63, 3.8) is 0 Å². The number of piperidine rings is 1. The van der Waals surface area contributed by atoms with Crippen molar-refractivity contribution in [3.05, 3.63) is 0 Å². The molecule has 1 saturated heterocycles. The lowest BCUT2D eigenvalue weighted by molar-refractivity contribution is -0.00580. The smallest absolute Gasteiger partial charge is 0.119 e. The summed E-state index contributed by atoms with van der Waals surface area (Å²) < 4.78 is 14.2. The second kappa shape index (κ2) is 3.30. The number of rotatable bonds is 2. The van der Waals surface area contributed by atoms with Gasteiger partial charge in [-0.1, -0.05) is 13.8 Å². The first-order valence-corrected chi connectivity index (χ1v) is 4.61. The number of nitrogens with one attached hydrogen (secondary N) is 1. The molecule has 0 radical (unpaired) electrons. The van der Waals surface area contributed by atoms with Crippen LogP contribution >= 0.6 is 0 Å². The molecule has 0 saturated carbocycles. The van der Waals surface area contributed by atoms with E-state index in [2.05, 4.69) is 5.32 Å². The van der Waals surface area contributed by atoms with E-state index < -0.39 is 5.67 Å². The second-order valence-electron chi connectivity index (χ2n) is 4.30. The second-order valence-corrected chi connectivity index (χ2v) is 4.30. The maximum atomic E-state index is 14.2. The van der Waals surface area contributed by atoms with Gasteiger partial charge in [-0.2, -0.15) is 0 Å². The highest BCUT2D eigenvalue weighted by atomic mass is 19.1. The Bertz CT molecular complexity index is 151. The summed E-state index contributed by atoms with van der Waals surface area (Å²) in [5.41, 5.74) is 4.12. The molecule has 3 N–H and O–H groups in total. The van der Waals surface area contributed by atoms with E-state index in [0.29, 0.717) is 19.4 Å². The Morgan fingerprint density at radius 3 is 2.33 bits per heavy atom. The van der Waals surface area contributed by atoms with Gasteiger partial charge in [0.15, 0.2) is 0 Å². The number of hydrogen-bond acceptors (Lipinski definition) is 2. The summed E-state index contributed by atoms with van der Waals surface area (Å²) >= 11 is 0. The van der Waals surface area contributed by atoms with E-state index in [1.807, 2.05) is 13.8 Å². The molecule has 0 aromatic heterocycles. The maximum Gasteiger partial charge on any atom is 0.119 e. The molecule has 3 heteroatoms. The van der Waals surface area contributed by atoms with Crippen molar-refractivity contribution in [2.24, 2.45) is 11.1 Å². The van der Waals surface area contributed by atoms with Crippen LogP contribution < -0.4 is 11.1 Å². The first-order chi connectivity index (χ1) is 5.52. The largest absolute Gasteiger partial charge is 0.330 e. The first-order valence-electron chi connectivity index (χ1n) is 4.61. The third kappa shape index (κ3) is 1.62. The Labute approximate surface area is 73.7 Å². The molecule has 0 bridgehead atoms. The predicted octanol–water partition coefficient (Wildman–Crippen LogP) is 1.06. The lowest BCUT2D eigenvalue weighted by Gasteiger charge is -2.42. The van der Waals surface area contributed by atoms with Crippen LogP contribution in [0.3, 0.4) is 0 Å². The van der Waals surface area contributed by atoms with Crippen LogP contribution in [0.4, 0.5) is 4.39 Å². The Morgan fingerprint density at radius 2 is 1.92 bits per heavy atom. The van der Waals surface area contributed by atoms with Crippen LogP contribution in [-0.2, 0) is 0 Å². The van der Waals surface area contributed by atoms with Gasteiger partial charge in [0, 0.05) is 12.0 Å². The molecular weight excluding hydrogens is 155 g/mol. The molecule has 0 aromatic rings. The standard InChI is InChI=1S/C9H19FN2/c1-8(2,7-11)9(10)3-5-12-6-4-9/h12H,3-7,11H2,1-2H3. The number of alkyl halides is 1. The minimum absolute atomic E-state index is 0.380. The van der Waals surface area contributed by atoms with E-state index in [4.69, 9.17) is 5.73 Å². The van der Waals surface area contributed by atoms with Crippen LogP contribution in [0.5, 0.6) is 0 Å². The Hall–Kier alpha value is -0.150. The summed E-state index contributed by atoms with van der Waals surface area (Å²) in [6.45, 7) is 5.81. The zero-order valence-corrected chi connectivity index (χ0v) is 7.99. The zero-order chi connectivity index (χ0) is 9.24. The summed E-state index contributed by atoms with van der Waals surface area (Å²) in [4.78, 5) is 0. The maximum absolute atomic E-state index is 14.2. The normalized spacial score (nSPS) is 24.0. The van der Waals surface area contributed by atoms with Gasteiger partial charge >= 0.3 is 0 Å². The number of hydrogen-bond donors (Lipinski definition) is 2. The van der Waals surface area contributed by atoms with Crippen LogP contribution in [-0.4, -0.2) is 25.3 Å². The summed E-state index contributed by atoms with van der Waals surface area (Å²) in [6.07, 6.45) is 1.19. The third-order valence-corrected chi connectivity index (χ3v) is 3.12. The molecule has 0 spiro atoms. The SMILES string of the molecule is CC(C)(CN)C1(F)CCNCC1. The van der Waals surface area contributed by atoms with E-state index in [1.165, 1.54) is 0 Å². The molecule has 1 rings (SSSR count). The summed E-state index contributed by atoms with van der Waals surface area (Å²) in [7, 11) is 0. The van der Waals surface area contributed by atoms with E-state index in [1.54, 1.807) is 0 Å². The van der Waals surface area contributed by atoms with Gasteiger partial charge in [-0.25, -0.2) is 4.39 Å². The molecule has 0 unspecified atom stereocenters. The fourth-order valence-corrected chi connectivity index (χ4v) is 1.68. The average molecular weight is 174 g/mol. The zero-order valence-electron chi connectivity index (χ0n) is 7.99. The minimum atomic E-state index is -1.06. The first kappa shape index (κ1) is 9.93. The van der Waals surface area contributed by atoms with Crippen molar-refractivity contribution in [2.45, 2.75) is 32.4 Å².